The van der Waals surface area contributed by atoms with Gasteiger partial charge < -0.3 is 25.5 Å². The highest BCUT2D eigenvalue weighted by Gasteiger charge is 2.23. The summed E-state index contributed by atoms with van der Waals surface area (Å²) in [5, 5.41) is 21.9. The van der Waals surface area contributed by atoms with Gasteiger partial charge in [-0.1, -0.05) is 48.0 Å². The number of hydrogen-bond acceptors (Lipinski definition) is 6. The second-order valence-electron chi connectivity index (χ2n) is 8.43. The first-order valence-electron chi connectivity index (χ1n) is 11.2. The second-order valence-corrected chi connectivity index (χ2v) is 9.35. The number of nitrogens with one attached hydrogen (secondary N) is 2. The van der Waals surface area contributed by atoms with Crippen LogP contribution in [-0.4, -0.2) is 48.1 Å². The number of carbonyl (C=O) groups is 1. The molecule has 0 aliphatic carbocycles. The molecule has 176 valence electrons. The van der Waals surface area contributed by atoms with E-state index in [9.17, 15) is 9.90 Å². The third-order valence-electron chi connectivity index (χ3n) is 5.73. The van der Waals surface area contributed by atoms with Crippen LogP contribution >= 0.6 is 15.9 Å². The molecule has 1 fully saturated rings. The molecule has 0 amide bonds. The van der Waals surface area contributed by atoms with Crippen LogP contribution in [0.1, 0.15) is 29.9 Å². The summed E-state index contributed by atoms with van der Waals surface area (Å²) in [6.45, 7) is 6.97. The normalized spacial score (nSPS) is 13.7. The zero-order valence-corrected chi connectivity index (χ0v) is 20.7. The standard InChI is InChI=1S/C26H27BrN4O3/c1-16(2)24(28)23-21(17-6-8-20(9-7-17)31-10-12-34-13-11-31)15-22(26(32)33)30-25(23)29-19-5-3-4-18(27)14-19/h3-9,14-16,28H,10-13H2,1-2H3,(H,29,30)(H,32,33). The van der Waals surface area contributed by atoms with Crippen LogP contribution in [0.5, 0.6) is 0 Å². The molecular formula is C26H27BrN4O3. The van der Waals surface area contributed by atoms with Gasteiger partial charge in [0.15, 0.2) is 5.69 Å². The maximum absolute atomic E-state index is 11.9. The Morgan fingerprint density at radius 1 is 1.15 bits per heavy atom. The minimum atomic E-state index is -1.12. The fourth-order valence-electron chi connectivity index (χ4n) is 3.91. The molecular weight excluding hydrogens is 496 g/mol. The Bertz CT molecular complexity index is 1210. The van der Waals surface area contributed by atoms with E-state index in [0.29, 0.717) is 35.9 Å². The molecule has 34 heavy (non-hydrogen) atoms. The summed E-state index contributed by atoms with van der Waals surface area (Å²) in [7, 11) is 0. The molecule has 7 nitrogen and oxygen atoms in total. The van der Waals surface area contributed by atoms with Crippen molar-refractivity contribution in [1.29, 1.82) is 5.41 Å². The Hall–Kier alpha value is -3.23. The Morgan fingerprint density at radius 3 is 2.47 bits per heavy atom. The highest BCUT2D eigenvalue weighted by Crippen LogP contribution is 2.34. The number of anilines is 3. The topological polar surface area (TPSA) is 98.5 Å². The van der Waals surface area contributed by atoms with Crippen LogP contribution in [0.4, 0.5) is 17.2 Å². The second kappa shape index (κ2) is 10.4. The van der Waals surface area contributed by atoms with Gasteiger partial charge in [-0.2, -0.15) is 0 Å². The molecule has 8 heteroatoms. The predicted octanol–water partition coefficient (Wildman–Crippen LogP) is 5.81. The summed E-state index contributed by atoms with van der Waals surface area (Å²) >= 11 is 3.47. The molecule has 2 aromatic carbocycles. The summed E-state index contributed by atoms with van der Waals surface area (Å²) in [4.78, 5) is 18.6. The molecule has 0 atom stereocenters. The number of ether oxygens (including phenoxy) is 1. The first-order valence-corrected chi connectivity index (χ1v) is 12.0. The SMILES string of the molecule is CC(C)C(=N)c1c(-c2ccc(N3CCOCC3)cc2)cc(C(=O)O)nc1Nc1cccc(Br)c1. The largest absolute Gasteiger partial charge is 0.477 e. The highest BCUT2D eigenvalue weighted by atomic mass is 79.9. The van der Waals surface area contributed by atoms with Crippen molar-refractivity contribution in [2.24, 2.45) is 5.92 Å². The van der Waals surface area contributed by atoms with Crippen molar-refractivity contribution in [2.75, 3.05) is 36.5 Å². The van der Waals surface area contributed by atoms with Crippen molar-refractivity contribution in [3.63, 3.8) is 0 Å². The van der Waals surface area contributed by atoms with Crippen LogP contribution in [0, 0.1) is 11.3 Å². The van der Waals surface area contributed by atoms with Crippen molar-refractivity contribution < 1.29 is 14.6 Å². The lowest BCUT2D eigenvalue weighted by Crippen LogP contribution is -2.36. The summed E-state index contributed by atoms with van der Waals surface area (Å²) in [6.07, 6.45) is 0. The maximum atomic E-state index is 11.9. The molecule has 0 unspecified atom stereocenters. The minimum absolute atomic E-state index is 0.0769. The van der Waals surface area contributed by atoms with E-state index >= 15 is 0 Å². The van der Waals surface area contributed by atoms with E-state index in [1.807, 2.05) is 62.4 Å². The first kappa shape index (κ1) is 23.9. The average Bonchev–Trinajstić information content (AvgIpc) is 2.83. The monoisotopic (exact) mass is 522 g/mol. The van der Waals surface area contributed by atoms with Crippen molar-refractivity contribution in [2.45, 2.75) is 13.8 Å². The summed E-state index contributed by atoms with van der Waals surface area (Å²) < 4.78 is 6.33. The Balaban J connectivity index is 1.83. The number of aromatic carboxylic acids is 1. The van der Waals surface area contributed by atoms with E-state index in [2.05, 4.69) is 31.1 Å². The Kier molecular flexibility index (Phi) is 7.29. The number of carboxylic acids is 1. The molecule has 3 aromatic rings. The first-order chi connectivity index (χ1) is 16.3. The zero-order valence-electron chi connectivity index (χ0n) is 19.1. The molecule has 2 heterocycles. The molecule has 4 rings (SSSR count). The highest BCUT2D eigenvalue weighted by molar-refractivity contribution is 9.10. The van der Waals surface area contributed by atoms with Gasteiger partial charge in [-0.3, -0.25) is 0 Å². The lowest BCUT2D eigenvalue weighted by Gasteiger charge is -2.29. The number of carboxylic acid groups (broad SMARTS) is 1. The molecule has 1 saturated heterocycles. The average molecular weight is 523 g/mol. The molecule has 0 saturated carbocycles. The van der Waals surface area contributed by atoms with Gasteiger partial charge >= 0.3 is 5.97 Å². The summed E-state index contributed by atoms with van der Waals surface area (Å²) in [5.41, 5.74) is 4.23. The Morgan fingerprint density at radius 2 is 1.85 bits per heavy atom. The van der Waals surface area contributed by atoms with Crippen LogP contribution in [0.15, 0.2) is 59.1 Å². The van der Waals surface area contributed by atoms with E-state index in [0.717, 1.165) is 34.5 Å². The van der Waals surface area contributed by atoms with Crippen LogP contribution in [0.3, 0.4) is 0 Å². The van der Waals surface area contributed by atoms with Gasteiger partial charge in [0.1, 0.15) is 5.82 Å². The summed E-state index contributed by atoms with van der Waals surface area (Å²) in [6, 6.07) is 17.1. The number of rotatable bonds is 7. The number of pyridine rings is 1. The van der Waals surface area contributed by atoms with Crippen LogP contribution in [0.25, 0.3) is 11.1 Å². The fourth-order valence-corrected chi connectivity index (χ4v) is 4.31. The third-order valence-corrected chi connectivity index (χ3v) is 6.22. The van der Waals surface area contributed by atoms with Crippen LogP contribution in [-0.2, 0) is 4.74 Å². The number of morpholine rings is 1. The molecule has 1 aromatic heterocycles. The van der Waals surface area contributed by atoms with Gasteiger partial charge in [-0.25, -0.2) is 9.78 Å². The van der Waals surface area contributed by atoms with E-state index < -0.39 is 5.97 Å². The molecule has 1 aliphatic rings. The molecule has 0 radical (unpaired) electrons. The van der Waals surface area contributed by atoms with Crippen molar-refractivity contribution in [3.8, 4) is 11.1 Å². The lowest BCUT2D eigenvalue weighted by atomic mass is 9.91. The van der Waals surface area contributed by atoms with Crippen molar-refractivity contribution in [1.82, 2.24) is 4.98 Å². The molecule has 3 N–H and O–H groups in total. The number of halogens is 1. The van der Waals surface area contributed by atoms with Crippen LogP contribution in [0.2, 0.25) is 0 Å². The van der Waals surface area contributed by atoms with E-state index in [1.165, 1.54) is 0 Å². The molecule has 1 aliphatic heterocycles. The van der Waals surface area contributed by atoms with Crippen molar-refractivity contribution >= 4 is 44.8 Å². The van der Waals surface area contributed by atoms with Gasteiger partial charge in [0.2, 0.25) is 0 Å². The van der Waals surface area contributed by atoms with E-state index in [-0.39, 0.29) is 11.6 Å². The smallest absolute Gasteiger partial charge is 0.354 e. The minimum Gasteiger partial charge on any atom is -0.477 e. The van der Waals surface area contributed by atoms with Gasteiger partial charge in [-0.05, 0) is 53.4 Å². The zero-order chi connectivity index (χ0) is 24.2. The number of hydrogen-bond donors (Lipinski definition) is 3. The number of benzene rings is 2. The van der Waals surface area contributed by atoms with Gasteiger partial charge in [0.05, 0.1) is 13.2 Å². The number of nitrogens with zero attached hydrogens (tertiary/aromatic N) is 2. The van der Waals surface area contributed by atoms with Crippen molar-refractivity contribution in [3.05, 3.63) is 70.3 Å². The van der Waals surface area contributed by atoms with E-state index in [4.69, 9.17) is 10.1 Å². The molecule has 0 bridgehead atoms. The third kappa shape index (κ3) is 5.29. The Labute approximate surface area is 207 Å². The van der Waals surface area contributed by atoms with Gasteiger partial charge in [0, 0.05) is 40.2 Å². The van der Waals surface area contributed by atoms with Gasteiger partial charge in [-0.15, -0.1) is 0 Å². The maximum Gasteiger partial charge on any atom is 0.354 e. The fraction of sp³-hybridized carbons (Fsp3) is 0.269. The lowest BCUT2D eigenvalue weighted by molar-refractivity contribution is 0.0690. The number of aromatic nitrogens is 1. The molecule has 0 spiro atoms. The quantitative estimate of drug-likeness (QED) is 0.338. The van der Waals surface area contributed by atoms with Gasteiger partial charge in [0.25, 0.3) is 0 Å². The predicted molar refractivity (Wildman–Crippen MR) is 139 cm³/mol. The van der Waals surface area contributed by atoms with Crippen LogP contribution < -0.4 is 10.2 Å². The summed E-state index contributed by atoms with van der Waals surface area (Å²) in [5.74, 6) is -0.845. The van der Waals surface area contributed by atoms with E-state index in [1.54, 1.807) is 6.07 Å².